The van der Waals surface area contributed by atoms with Gasteiger partial charge in [0.2, 0.25) is 0 Å². The van der Waals surface area contributed by atoms with Crippen LogP contribution in [0.15, 0.2) is 18.2 Å². The SMILES string of the molecule is COc1ccc(C(C=O)NC(=O)OC(C)(C)C)cc1O. The van der Waals surface area contributed by atoms with E-state index in [1.54, 1.807) is 26.8 Å². The molecule has 0 saturated carbocycles. The van der Waals surface area contributed by atoms with Crippen molar-refractivity contribution in [2.24, 2.45) is 0 Å². The van der Waals surface area contributed by atoms with E-state index in [9.17, 15) is 14.7 Å². The average Bonchev–Trinajstić information content (AvgIpc) is 2.33. The minimum absolute atomic E-state index is 0.108. The number of hydrogen-bond acceptors (Lipinski definition) is 5. The fraction of sp³-hybridized carbons (Fsp3) is 0.429. The summed E-state index contributed by atoms with van der Waals surface area (Å²) in [5.41, 5.74) is -0.219. The van der Waals surface area contributed by atoms with Crippen molar-refractivity contribution >= 4 is 12.4 Å². The second-order valence-corrected chi connectivity index (χ2v) is 5.19. The third-order valence-corrected chi connectivity index (χ3v) is 2.37. The first-order valence-corrected chi connectivity index (χ1v) is 6.08. The van der Waals surface area contributed by atoms with Crippen LogP contribution in [0.4, 0.5) is 4.79 Å². The van der Waals surface area contributed by atoms with Gasteiger partial charge in [-0.25, -0.2) is 4.79 Å². The molecule has 2 N–H and O–H groups in total. The molecule has 0 aromatic heterocycles. The summed E-state index contributed by atoms with van der Waals surface area (Å²) in [5, 5.41) is 12.1. The average molecular weight is 281 g/mol. The molecule has 6 heteroatoms. The molecule has 0 saturated heterocycles. The third kappa shape index (κ3) is 4.46. The van der Waals surface area contributed by atoms with E-state index in [2.05, 4.69) is 5.32 Å². The molecule has 0 heterocycles. The van der Waals surface area contributed by atoms with Crippen molar-refractivity contribution in [1.29, 1.82) is 0 Å². The second-order valence-electron chi connectivity index (χ2n) is 5.19. The largest absolute Gasteiger partial charge is 0.504 e. The van der Waals surface area contributed by atoms with Crippen LogP contribution in [-0.4, -0.2) is 30.2 Å². The predicted octanol–water partition coefficient (Wildman–Crippen LogP) is 2.17. The molecule has 6 nitrogen and oxygen atoms in total. The molecule has 0 spiro atoms. The van der Waals surface area contributed by atoms with E-state index in [1.807, 2.05) is 0 Å². The zero-order valence-electron chi connectivity index (χ0n) is 12.0. The van der Waals surface area contributed by atoms with Crippen molar-refractivity contribution in [2.75, 3.05) is 7.11 Å². The van der Waals surface area contributed by atoms with Gasteiger partial charge in [0.1, 0.15) is 17.9 Å². The van der Waals surface area contributed by atoms with Crippen molar-refractivity contribution in [3.63, 3.8) is 0 Å². The molecule has 1 aromatic carbocycles. The van der Waals surface area contributed by atoms with Crippen LogP contribution in [0.5, 0.6) is 11.5 Å². The van der Waals surface area contributed by atoms with Gasteiger partial charge in [0.05, 0.1) is 7.11 Å². The Kier molecular flexibility index (Phi) is 4.96. The van der Waals surface area contributed by atoms with Crippen LogP contribution in [-0.2, 0) is 9.53 Å². The summed E-state index contributed by atoms with van der Waals surface area (Å²) in [6.07, 6.45) is -0.143. The van der Waals surface area contributed by atoms with E-state index in [4.69, 9.17) is 9.47 Å². The van der Waals surface area contributed by atoms with Crippen LogP contribution in [0, 0.1) is 0 Å². The Bertz CT molecular complexity index is 493. The van der Waals surface area contributed by atoms with E-state index in [1.165, 1.54) is 19.2 Å². The van der Waals surface area contributed by atoms with Gasteiger partial charge in [0.25, 0.3) is 0 Å². The van der Waals surface area contributed by atoms with Crippen molar-refractivity contribution in [2.45, 2.75) is 32.4 Å². The van der Waals surface area contributed by atoms with Gasteiger partial charge < -0.3 is 24.7 Å². The van der Waals surface area contributed by atoms with E-state index in [-0.39, 0.29) is 11.5 Å². The predicted molar refractivity (Wildman–Crippen MR) is 72.8 cm³/mol. The Morgan fingerprint density at radius 3 is 2.50 bits per heavy atom. The highest BCUT2D eigenvalue weighted by Gasteiger charge is 2.20. The van der Waals surface area contributed by atoms with Crippen LogP contribution in [0.1, 0.15) is 32.4 Å². The number of alkyl carbamates (subject to hydrolysis) is 1. The molecule has 1 aromatic rings. The van der Waals surface area contributed by atoms with Gasteiger partial charge in [-0.15, -0.1) is 0 Å². The summed E-state index contributed by atoms with van der Waals surface area (Å²) in [5.74, 6) is 0.179. The Hall–Kier alpha value is -2.24. The summed E-state index contributed by atoms with van der Waals surface area (Å²) in [7, 11) is 1.42. The minimum atomic E-state index is -0.901. The Balaban J connectivity index is 2.83. The van der Waals surface area contributed by atoms with Gasteiger partial charge in [0.15, 0.2) is 11.5 Å². The lowest BCUT2D eigenvalue weighted by Gasteiger charge is -2.21. The smallest absolute Gasteiger partial charge is 0.408 e. The molecular formula is C14H19NO5. The summed E-state index contributed by atoms with van der Waals surface area (Å²) < 4.78 is 9.98. The highest BCUT2D eigenvalue weighted by Crippen LogP contribution is 2.28. The van der Waals surface area contributed by atoms with Crippen LogP contribution in [0.25, 0.3) is 0 Å². The van der Waals surface area contributed by atoms with Gasteiger partial charge in [-0.05, 0) is 38.5 Å². The number of carbonyl (C=O) groups excluding carboxylic acids is 2. The van der Waals surface area contributed by atoms with E-state index < -0.39 is 17.7 Å². The van der Waals surface area contributed by atoms with Crippen molar-refractivity contribution < 1.29 is 24.2 Å². The lowest BCUT2D eigenvalue weighted by Crippen LogP contribution is -2.35. The number of aromatic hydroxyl groups is 1. The third-order valence-electron chi connectivity index (χ3n) is 2.37. The maximum atomic E-state index is 11.6. The normalized spacial score (nSPS) is 12.4. The summed E-state index contributed by atoms with van der Waals surface area (Å²) >= 11 is 0. The maximum Gasteiger partial charge on any atom is 0.408 e. The molecule has 0 bridgehead atoms. The molecule has 0 aliphatic carbocycles. The number of ether oxygens (including phenoxy) is 2. The summed E-state index contributed by atoms with van der Waals surface area (Å²) in [4.78, 5) is 22.7. The van der Waals surface area contributed by atoms with Crippen LogP contribution < -0.4 is 10.1 Å². The lowest BCUT2D eigenvalue weighted by atomic mass is 10.1. The number of aldehydes is 1. The molecule has 1 atom stereocenters. The quantitative estimate of drug-likeness (QED) is 0.826. The summed E-state index contributed by atoms with van der Waals surface area (Å²) in [6.45, 7) is 5.17. The first-order chi connectivity index (χ1) is 9.26. The van der Waals surface area contributed by atoms with Gasteiger partial charge in [-0.2, -0.15) is 0 Å². The van der Waals surface area contributed by atoms with E-state index in [0.717, 1.165) is 0 Å². The van der Waals surface area contributed by atoms with Gasteiger partial charge >= 0.3 is 6.09 Å². The number of methoxy groups -OCH3 is 1. The van der Waals surface area contributed by atoms with E-state index in [0.29, 0.717) is 11.8 Å². The Morgan fingerprint density at radius 1 is 1.40 bits per heavy atom. The van der Waals surface area contributed by atoms with Gasteiger partial charge in [-0.1, -0.05) is 6.07 Å². The number of rotatable bonds is 4. The molecule has 0 aliphatic heterocycles. The highest BCUT2D eigenvalue weighted by molar-refractivity contribution is 5.75. The van der Waals surface area contributed by atoms with E-state index >= 15 is 0 Å². The van der Waals surface area contributed by atoms with Crippen LogP contribution >= 0.6 is 0 Å². The number of carbonyl (C=O) groups is 2. The fourth-order valence-electron chi connectivity index (χ4n) is 1.53. The molecule has 110 valence electrons. The number of nitrogens with one attached hydrogen (secondary N) is 1. The number of hydrogen-bond donors (Lipinski definition) is 2. The van der Waals surface area contributed by atoms with Crippen molar-refractivity contribution in [3.05, 3.63) is 23.8 Å². The van der Waals surface area contributed by atoms with Gasteiger partial charge in [0, 0.05) is 0 Å². The first kappa shape index (κ1) is 15.8. The molecule has 0 fully saturated rings. The number of benzene rings is 1. The topological polar surface area (TPSA) is 84.9 Å². The summed E-state index contributed by atoms with van der Waals surface area (Å²) in [6, 6.07) is 3.55. The maximum absolute atomic E-state index is 11.6. The highest BCUT2D eigenvalue weighted by atomic mass is 16.6. The number of phenolic OH excluding ortho intramolecular Hbond substituents is 1. The Labute approximate surface area is 117 Å². The van der Waals surface area contributed by atoms with Crippen molar-refractivity contribution in [1.82, 2.24) is 5.32 Å². The Morgan fingerprint density at radius 2 is 2.05 bits per heavy atom. The molecule has 1 unspecified atom stereocenters. The first-order valence-electron chi connectivity index (χ1n) is 6.08. The van der Waals surface area contributed by atoms with Crippen LogP contribution in [0.3, 0.4) is 0 Å². The zero-order valence-corrected chi connectivity index (χ0v) is 12.0. The molecule has 1 rings (SSSR count). The second kappa shape index (κ2) is 6.27. The molecule has 0 aliphatic rings. The fourth-order valence-corrected chi connectivity index (χ4v) is 1.53. The van der Waals surface area contributed by atoms with Crippen LogP contribution in [0.2, 0.25) is 0 Å². The van der Waals surface area contributed by atoms with Crippen molar-refractivity contribution in [3.8, 4) is 11.5 Å². The van der Waals surface area contributed by atoms with Gasteiger partial charge in [-0.3, -0.25) is 0 Å². The molecule has 20 heavy (non-hydrogen) atoms. The monoisotopic (exact) mass is 281 g/mol. The molecule has 1 amide bonds. The zero-order chi connectivity index (χ0) is 15.3. The standard InChI is InChI=1S/C14H19NO5/c1-14(2,3)20-13(18)15-10(8-16)9-5-6-12(19-4)11(17)7-9/h5-8,10,17H,1-4H3,(H,15,18). The minimum Gasteiger partial charge on any atom is -0.504 e. The molecule has 0 radical (unpaired) electrons. The number of amides is 1. The number of phenols is 1. The lowest BCUT2D eigenvalue weighted by molar-refractivity contribution is -0.109. The molecular weight excluding hydrogens is 262 g/mol.